The van der Waals surface area contributed by atoms with Gasteiger partial charge in [0.05, 0.1) is 5.60 Å². The molecule has 0 bridgehead atoms. The Balaban J connectivity index is 1.81. The number of hydrogen-bond donors (Lipinski definition) is 2. The Morgan fingerprint density at radius 3 is 2.77 bits per heavy atom. The first-order chi connectivity index (χ1) is 10.4. The highest BCUT2D eigenvalue weighted by Crippen LogP contribution is 2.31. The Kier molecular flexibility index (Phi) is 3.95. The number of aromatic nitrogens is 1. The first-order valence-electron chi connectivity index (χ1n) is 7.91. The molecule has 2 aromatic rings. The van der Waals surface area contributed by atoms with Gasteiger partial charge in [0.15, 0.2) is 11.5 Å². The standard InChI is InChI=1S/C17H23FN2O2/c1-10(2)16-20-13-7-12(14(18)11(3)15(13)22-16)8-19-9-17(21)5-4-6-17/h7,10,19,21H,4-6,8-9H2,1-3H3. The molecule has 1 saturated carbocycles. The van der Waals surface area contributed by atoms with Gasteiger partial charge in [-0.15, -0.1) is 0 Å². The highest BCUT2D eigenvalue weighted by molar-refractivity contribution is 5.77. The van der Waals surface area contributed by atoms with Crippen molar-refractivity contribution in [2.75, 3.05) is 6.54 Å². The zero-order valence-electron chi connectivity index (χ0n) is 13.4. The van der Waals surface area contributed by atoms with E-state index >= 15 is 0 Å². The summed E-state index contributed by atoms with van der Waals surface area (Å²) in [4.78, 5) is 4.45. The van der Waals surface area contributed by atoms with Crippen molar-refractivity contribution in [1.29, 1.82) is 0 Å². The zero-order chi connectivity index (χ0) is 15.9. The third kappa shape index (κ3) is 2.75. The predicted octanol–water partition coefficient (Wildman–Crippen LogP) is 3.40. The van der Waals surface area contributed by atoms with Crippen molar-refractivity contribution in [2.24, 2.45) is 0 Å². The predicted molar refractivity (Wildman–Crippen MR) is 83.3 cm³/mol. The van der Waals surface area contributed by atoms with Gasteiger partial charge < -0.3 is 14.8 Å². The average Bonchev–Trinajstić information content (AvgIpc) is 2.86. The van der Waals surface area contributed by atoms with E-state index in [-0.39, 0.29) is 11.7 Å². The fourth-order valence-corrected chi connectivity index (χ4v) is 2.85. The van der Waals surface area contributed by atoms with E-state index in [2.05, 4.69) is 10.3 Å². The fourth-order valence-electron chi connectivity index (χ4n) is 2.85. The van der Waals surface area contributed by atoms with Gasteiger partial charge in [0.25, 0.3) is 0 Å². The Morgan fingerprint density at radius 2 is 2.18 bits per heavy atom. The summed E-state index contributed by atoms with van der Waals surface area (Å²) in [7, 11) is 0. The second-order valence-corrected chi connectivity index (χ2v) is 6.71. The van der Waals surface area contributed by atoms with Crippen LogP contribution in [0.25, 0.3) is 11.1 Å². The van der Waals surface area contributed by atoms with E-state index in [9.17, 15) is 9.50 Å². The van der Waals surface area contributed by atoms with Gasteiger partial charge in [-0.1, -0.05) is 13.8 Å². The van der Waals surface area contributed by atoms with E-state index in [1.807, 2.05) is 13.8 Å². The first-order valence-corrected chi connectivity index (χ1v) is 7.91. The average molecular weight is 306 g/mol. The Bertz CT molecular complexity index is 690. The summed E-state index contributed by atoms with van der Waals surface area (Å²) in [5.74, 6) is 0.544. The SMILES string of the molecule is Cc1c(F)c(CNCC2(O)CCC2)cc2nc(C(C)C)oc12. The number of aryl methyl sites for hydroxylation is 1. The van der Waals surface area contributed by atoms with E-state index in [1.54, 1.807) is 13.0 Å². The normalized spacial score (nSPS) is 17.2. The lowest BCUT2D eigenvalue weighted by Crippen LogP contribution is -2.46. The van der Waals surface area contributed by atoms with Gasteiger partial charge >= 0.3 is 0 Å². The highest BCUT2D eigenvalue weighted by Gasteiger charge is 2.33. The third-order valence-corrected chi connectivity index (χ3v) is 4.48. The first kappa shape index (κ1) is 15.4. The number of nitrogens with one attached hydrogen (secondary N) is 1. The van der Waals surface area contributed by atoms with E-state index in [0.29, 0.717) is 41.2 Å². The number of aliphatic hydroxyl groups is 1. The summed E-state index contributed by atoms with van der Waals surface area (Å²) in [5.41, 5.74) is 1.69. The number of benzene rings is 1. The van der Waals surface area contributed by atoms with Crippen molar-refractivity contribution in [3.63, 3.8) is 0 Å². The summed E-state index contributed by atoms with van der Waals surface area (Å²) >= 11 is 0. The molecule has 22 heavy (non-hydrogen) atoms. The number of nitrogens with zero attached hydrogens (tertiary/aromatic N) is 1. The molecule has 120 valence electrons. The van der Waals surface area contributed by atoms with Crippen LogP contribution in [0.5, 0.6) is 0 Å². The van der Waals surface area contributed by atoms with Crippen molar-refractivity contribution >= 4 is 11.1 Å². The summed E-state index contributed by atoms with van der Waals surface area (Å²) in [6.07, 6.45) is 2.71. The molecule has 3 rings (SSSR count). The van der Waals surface area contributed by atoms with Gasteiger partial charge in [0.1, 0.15) is 11.3 Å². The van der Waals surface area contributed by atoms with Crippen LogP contribution in [0.15, 0.2) is 10.5 Å². The van der Waals surface area contributed by atoms with Gasteiger partial charge in [-0.3, -0.25) is 0 Å². The fraction of sp³-hybridized carbons (Fsp3) is 0.588. The van der Waals surface area contributed by atoms with Crippen molar-refractivity contribution in [3.05, 3.63) is 28.9 Å². The molecule has 0 unspecified atom stereocenters. The molecule has 1 aliphatic rings. The van der Waals surface area contributed by atoms with Crippen LogP contribution in [0.2, 0.25) is 0 Å². The van der Waals surface area contributed by atoms with E-state index in [0.717, 1.165) is 19.3 Å². The topological polar surface area (TPSA) is 58.3 Å². The third-order valence-electron chi connectivity index (χ3n) is 4.48. The maximum atomic E-state index is 14.5. The van der Waals surface area contributed by atoms with Crippen molar-refractivity contribution in [3.8, 4) is 0 Å². The van der Waals surface area contributed by atoms with E-state index in [4.69, 9.17) is 4.42 Å². The maximum absolute atomic E-state index is 14.5. The Labute approximate surface area is 129 Å². The lowest BCUT2D eigenvalue weighted by atomic mass is 9.80. The van der Waals surface area contributed by atoms with Crippen molar-refractivity contribution in [1.82, 2.24) is 10.3 Å². The van der Waals surface area contributed by atoms with Gasteiger partial charge in [-0.25, -0.2) is 9.37 Å². The molecule has 1 aliphatic carbocycles. The molecular weight excluding hydrogens is 283 g/mol. The molecule has 0 amide bonds. The Hall–Kier alpha value is -1.46. The number of halogens is 1. The number of fused-ring (bicyclic) bond motifs is 1. The molecule has 1 fully saturated rings. The largest absolute Gasteiger partial charge is 0.440 e. The smallest absolute Gasteiger partial charge is 0.198 e. The summed E-state index contributed by atoms with van der Waals surface area (Å²) in [6, 6.07) is 1.74. The van der Waals surface area contributed by atoms with Crippen LogP contribution >= 0.6 is 0 Å². The molecule has 2 N–H and O–H groups in total. The molecule has 0 saturated heterocycles. The summed E-state index contributed by atoms with van der Waals surface area (Å²) in [5, 5.41) is 13.2. The molecule has 1 aromatic heterocycles. The second-order valence-electron chi connectivity index (χ2n) is 6.71. The molecule has 0 atom stereocenters. The van der Waals surface area contributed by atoms with Crippen LogP contribution in [0.3, 0.4) is 0 Å². The quantitative estimate of drug-likeness (QED) is 0.889. The summed E-state index contributed by atoms with van der Waals surface area (Å²) in [6.45, 7) is 6.60. The zero-order valence-corrected chi connectivity index (χ0v) is 13.4. The number of rotatable bonds is 5. The molecule has 1 aromatic carbocycles. The number of oxazole rings is 1. The van der Waals surface area contributed by atoms with E-state index < -0.39 is 5.60 Å². The molecule has 0 aliphatic heterocycles. The minimum absolute atomic E-state index is 0.171. The van der Waals surface area contributed by atoms with Gasteiger partial charge in [-0.2, -0.15) is 0 Å². The highest BCUT2D eigenvalue weighted by atomic mass is 19.1. The van der Waals surface area contributed by atoms with Gasteiger partial charge in [0, 0.05) is 30.1 Å². The van der Waals surface area contributed by atoms with Crippen LogP contribution in [0, 0.1) is 12.7 Å². The minimum Gasteiger partial charge on any atom is -0.440 e. The van der Waals surface area contributed by atoms with E-state index in [1.165, 1.54) is 0 Å². The lowest BCUT2D eigenvalue weighted by molar-refractivity contribution is -0.0315. The van der Waals surface area contributed by atoms with Gasteiger partial charge in [0.2, 0.25) is 0 Å². The van der Waals surface area contributed by atoms with Crippen LogP contribution in [0.4, 0.5) is 4.39 Å². The van der Waals surface area contributed by atoms with Crippen LogP contribution in [-0.2, 0) is 6.54 Å². The van der Waals surface area contributed by atoms with Crippen LogP contribution in [-0.4, -0.2) is 22.2 Å². The molecule has 1 heterocycles. The molecule has 0 spiro atoms. The lowest BCUT2D eigenvalue weighted by Gasteiger charge is -2.36. The summed E-state index contributed by atoms with van der Waals surface area (Å²) < 4.78 is 20.1. The Morgan fingerprint density at radius 1 is 1.45 bits per heavy atom. The minimum atomic E-state index is -0.603. The molecule has 5 heteroatoms. The van der Waals surface area contributed by atoms with Crippen LogP contribution < -0.4 is 5.32 Å². The molecular formula is C17H23FN2O2. The molecule has 0 radical (unpaired) electrons. The van der Waals surface area contributed by atoms with Crippen molar-refractivity contribution < 1.29 is 13.9 Å². The number of hydrogen-bond acceptors (Lipinski definition) is 4. The van der Waals surface area contributed by atoms with Crippen molar-refractivity contribution in [2.45, 2.75) is 58.1 Å². The van der Waals surface area contributed by atoms with Gasteiger partial charge in [-0.05, 0) is 32.3 Å². The molecule has 4 nitrogen and oxygen atoms in total. The van der Waals surface area contributed by atoms with Crippen LogP contribution in [0.1, 0.15) is 56.0 Å². The monoisotopic (exact) mass is 306 g/mol. The maximum Gasteiger partial charge on any atom is 0.198 e. The second kappa shape index (κ2) is 5.63.